The van der Waals surface area contributed by atoms with Gasteiger partial charge >= 0.3 is 0 Å². The number of hydrogen-bond acceptors (Lipinski definition) is 3. The van der Waals surface area contributed by atoms with E-state index in [9.17, 15) is 0 Å². The van der Waals surface area contributed by atoms with E-state index in [4.69, 9.17) is 0 Å². The molecule has 0 amide bonds. The summed E-state index contributed by atoms with van der Waals surface area (Å²) in [7, 11) is 0. The number of rotatable bonds is 0. The lowest BCUT2D eigenvalue weighted by atomic mass is 9.86. The minimum absolute atomic E-state index is 0.232. The van der Waals surface area contributed by atoms with E-state index in [0.717, 1.165) is 18.9 Å². The summed E-state index contributed by atoms with van der Waals surface area (Å²) in [5, 5.41) is 7.63. The summed E-state index contributed by atoms with van der Waals surface area (Å²) in [4.78, 5) is 4.21. The van der Waals surface area contributed by atoms with Crippen LogP contribution in [-0.2, 0) is 6.54 Å². The Balaban J connectivity index is 2.35. The third-order valence-corrected chi connectivity index (χ3v) is 2.56. The largest absolute Gasteiger partial charge is 0.308 e. The Bertz CT molecular complexity index is 297. The highest BCUT2D eigenvalue weighted by Crippen LogP contribution is 2.31. The van der Waals surface area contributed by atoms with Crippen LogP contribution >= 0.6 is 0 Å². The van der Waals surface area contributed by atoms with Gasteiger partial charge in [0.2, 0.25) is 0 Å². The first-order chi connectivity index (χ1) is 6.09. The average Bonchev–Trinajstić information content (AvgIpc) is 2.48. The van der Waals surface area contributed by atoms with Crippen molar-refractivity contribution >= 4 is 0 Å². The van der Waals surface area contributed by atoms with Crippen molar-refractivity contribution in [2.45, 2.75) is 33.4 Å². The van der Waals surface area contributed by atoms with Crippen LogP contribution in [0.2, 0.25) is 0 Å². The maximum absolute atomic E-state index is 4.27. The van der Waals surface area contributed by atoms with Crippen LogP contribution in [0, 0.1) is 5.41 Å². The second-order valence-corrected chi connectivity index (χ2v) is 4.63. The van der Waals surface area contributed by atoms with Gasteiger partial charge in [-0.2, -0.15) is 5.10 Å². The minimum Gasteiger partial charge on any atom is -0.308 e. The second-order valence-electron chi connectivity index (χ2n) is 4.63. The molecule has 2 rings (SSSR count). The molecule has 1 unspecified atom stereocenters. The van der Waals surface area contributed by atoms with Gasteiger partial charge in [0.1, 0.15) is 12.2 Å². The molecule has 72 valence electrons. The Morgan fingerprint density at radius 1 is 1.54 bits per heavy atom. The molecule has 4 heteroatoms. The van der Waals surface area contributed by atoms with E-state index in [1.54, 1.807) is 6.33 Å². The normalized spacial score (nSPS) is 22.8. The van der Waals surface area contributed by atoms with Gasteiger partial charge in [0, 0.05) is 6.54 Å². The van der Waals surface area contributed by atoms with Crippen LogP contribution in [0.15, 0.2) is 6.33 Å². The highest BCUT2D eigenvalue weighted by atomic mass is 15.4. The molecule has 0 saturated heterocycles. The van der Waals surface area contributed by atoms with Gasteiger partial charge in [0.15, 0.2) is 0 Å². The summed E-state index contributed by atoms with van der Waals surface area (Å²) in [5.41, 5.74) is 0.232. The third kappa shape index (κ3) is 1.46. The van der Waals surface area contributed by atoms with Gasteiger partial charge in [-0.3, -0.25) is 0 Å². The fourth-order valence-electron chi connectivity index (χ4n) is 1.74. The predicted octanol–water partition coefficient (Wildman–Crippen LogP) is 0.968. The Hall–Kier alpha value is -0.900. The molecule has 0 aliphatic carbocycles. The average molecular weight is 180 g/mol. The molecule has 0 radical (unpaired) electrons. The lowest BCUT2D eigenvalue weighted by Gasteiger charge is -2.34. The lowest BCUT2D eigenvalue weighted by molar-refractivity contribution is 0.194. The molecule has 2 heterocycles. The van der Waals surface area contributed by atoms with E-state index in [2.05, 4.69) is 40.9 Å². The molecule has 0 spiro atoms. The number of nitrogens with zero attached hydrogens (tertiary/aromatic N) is 3. The zero-order valence-corrected chi connectivity index (χ0v) is 8.41. The van der Waals surface area contributed by atoms with Crippen LogP contribution in [0.1, 0.15) is 32.6 Å². The molecule has 0 aromatic carbocycles. The molecular formula is C9H16N4. The fourth-order valence-corrected chi connectivity index (χ4v) is 1.74. The van der Waals surface area contributed by atoms with Gasteiger partial charge in [-0.25, -0.2) is 9.67 Å². The van der Waals surface area contributed by atoms with E-state index in [1.807, 2.05) is 0 Å². The highest BCUT2D eigenvalue weighted by Gasteiger charge is 2.30. The minimum atomic E-state index is 0.232. The third-order valence-electron chi connectivity index (χ3n) is 2.56. The van der Waals surface area contributed by atoms with Crippen molar-refractivity contribution in [1.29, 1.82) is 0 Å². The maximum atomic E-state index is 4.27. The van der Waals surface area contributed by atoms with Crippen molar-refractivity contribution < 1.29 is 0 Å². The Morgan fingerprint density at radius 3 is 3.00 bits per heavy atom. The van der Waals surface area contributed by atoms with Crippen LogP contribution in [0.4, 0.5) is 0 Å². The Kier molecular flexibility index (Phi) is 1.87. The molecule has 1 aliphatic heterocycles. The Morgan fingerprint density at radius 2 is 2.31 bits per heavy atom. The van der Waals surface area contributed by atoms with Crippen LogP contribution < -0.4 is 5.32 Å². The van der Waals surface area contributed by atoms with Gasteiger partial charge in [0.25, 0.3) is 0 Å². The number of aromatic nitrogens is 3. The standard InChI is InChI=1S/C9H16N4/c1-9(2,3)7-4-10-5-8-11-6-12-13(7)8/h6-7,10H,4-5H2,1-3H3. The van der Waals surface area contributed by atoms with Gasteiger partial charge in [-0.05, 0) is 5.41 Å². The molecule has 0 fully saturated rings. The summed E-state index contributed by atoms with van der Waals surface area (Å²) in [6.07, 6.45) is 1.64. The fraction of sp³-hybridized carbons (Fsp3) is 0.778. The predicted molar refractivity (Wildman–Crippen MR) is 50.2 cm³/mol. The molecule has 1 N–H and O–H groups in total. The maximum Gasteiger partial charge on any atom is 0.141 e. The molecule has 0 saturated carbocycles. The van der Waals surface area contributed by atoms with E-state index < -0.39 is 0 Å². The van der Waals surface area contributed by atoms with E-state index in [-0.39, 0.29) is 5.41 Å². The number of nitrogens with one attached hydrogen (secondary N) is 1. The first kappa shape index (κ1) is 8.69. The molecule has 1 atom stereocenters. The van der Waals surface area contributed by atoms with Gasteiger partial charge in [0.05, 0.1) is 12.6 Å². The van der Waals surface area contributed by atoms with E-state index in [0.29, 0.717) is 6.04 Å². The molecule has 1 aromatic heterocycles. The van der Waals surface area contributed by atoms with Crippen LogP contribution in [0.25, 0.3) is 0 Å². The van der Waals surface area contributed by atoms with Crippen LogP contribution in [-0.4, -0.2) is 21.3 Å². The van der Waals surface area contributed by atoms with Crippen molar-refractivity contribution in [2.75, 3.05) is 6.54 Å². The summed E-state index contributed by atoms with van der Waals surface area (Å²) < 4.78 is 2.05. The van der Waals surface area contributed by atoms with Crippen molar-refractivity contribution in [3.05, 3.63) is 12.2 Å². The topological polar surface area (TPSA) is 42.7 Å². The summed E-state index contributed by atoms with van der Waals surface area (Å²) in [5.74, 6) is 1.05. The number of fused-ring (bicyclic) bond motifs is 1. The summed E-state index contributed by atoms with van der Waals surface area (Å²) in [6, 6.07) is 0.416. The second kappa shape index (κ2) is 2.80. The quantitative estimate of drug-likeness (QED) is 0.647. The smallest absolute Gasteiger partial charge is 0.141 e. The van der Waals surface area contributed by atoms with Crippen molar-refractivity contribution in [1.82, 2.24) is 20.1 Å². The molecule has 1 aliphatic rings. The highest BCUT2D eigenvalue weighted by molar-refractivity contribution is 4.95. The zero-order chi connectivity index (χ0) is 9.47. The van der Waals surface area contributed by atoms with E-state index in [1.165, 1.54) is 0 Å². The molecule has 4 nitrogen and oxygen atoms in total. The van der Waals surface area contributed by atoms with Gasteiger partial charge in [-0.1, -0.05) is 20.8 Å². The monoisotopic (exact) mass is 180 g/mol. The molecule has 0 bridgehead atoms. The van der Waals surface area contributed by atoms with Gasteiger partial charge < -0.3 is 5.32 Å². The van der Waals surface area contributed by atoms with Crippen molar-refractivity contribution in [3.8, 4) is 0 Å². The van der Waals surface area contributed by atoms with Crippen molar-refractivity contribution in [3.63, 3.8) is 0 Å². The van der Waals surface area contributed by atoms with E-state index >= 15 is 0 Å². The Labute approximate surface area is 78.4 Å². The first-order valence-corrected chi connectivity index (χ1v) is 4.68. The summed E-state index contributed by atoms with van der Waals surface area (Å²) >= 11 is 0. The molecular weight excluding hydrogens is 164 g/mol. The summed E-state index contributed by atoms with van der Waals surface area (Å²) in [6.45, 7) is 8.52. The van der Waals surface area contributed by atoms with Gasteiger partial charge in [-0.15, -0.1) is 0 Å². The SMILES string of the molecule is CC(C)(C)C1CNCc2ncnn21. The zero-order valence-electron chi connectivity index (χ0n) is 8.41. The van der Waals surface area contributed by atoms with Crippen LogP contribution in [0.3, 0.4) is 0 Å². The van der Waals surface area contributed by atoms with Crippen LogP contribution in [0.5, 0.6) is 0 Å². The number of hydrogen-bond donors (Lipinski definition) is 1. The molecule has 1 aromatic rings. The lowest BCUT2D eigenvalue weighted by Crippen LogP contribution is -2.40. The van der Waals surface area contributed by atoms with Crippen molar-refractivity contribution in [2.24, 2.45) is 5.41 Å². The first-order valence-electron chi connectivity index (χ1n) is 4.68. The molecule has 13 heavy (non-hydrogen) atoms.